The lowest BCUT2D eigenvalue weighted by molar-refractivity contribution is 0.600. The number of benzene rings is 1. The van der Waals surface area contributed by atoms with Crippen LogP contribution in [0.15, 0.2) is 30.3 Å². The van der Waals surface area contributed by atoms with Crippen molar-refractivity contribution < 1.29 is 0 Å². The van der Waals surface area contributed by atoms with Crippen LogP contribution in [0.5, 0.6) is 0 Å². The average molecular weight is 335 g/mol. The van der Waals surface area contributed by atoms with Gasteiger partial charge in [0.05, 0.1) is 0 Å². The zero-order chi connectivity index (χ0) is 16.9. The normalized spacial score (nSPS) is 15.3. The van der Waals surface area contributed by atoms with Crippen molar-refractivity contribution in [3.05, 3.63) is 30.3 Å². The van der Waals surface area contributed by atoms with Gasteiger partial charge in [-0.1, -0.05) is 104 Å². The Morgan fingerprint density at radius 2 is 1.13 bits per heavy atom. The summed E-state index contributed by atoms with van der Waals surface area (Å²) < 4.78 is 0. The lowest BCUT2D eigenvalue weighted by Gasteiger charge is -2.35. The van der Waals surface area contributed by atoms with Crippen molar-refractivity contribution in [3.8, 4) is 0 Å². The zero-order valence-electron chi connectivity index (χ0n) is 16.1. The molecule has 1 rings (SSSR count). The van der Waals surface area contributed by atoms with Gasteiger partial charge in [0.25, 0.3) is 0 Å². The van der Waals surface area contributed by atoms with E-state index in [0.717, 1.165) is 11.3 Å². The minimum Gasteiger partial charge on any atom is -0.0690 e. The van der Waals surface area contributed by atoms with Gasteiger partial charge in [0, 0.05) is 0 Å². The molecule has 0 aliphatic carbocycles. The summed E-state index contributed by atoms with van der Waals surface area (Å²) in [7, 11) is -0.0176. The van der Waals surface area contributed by atoms with Crippen LogP contribution in [0.2, 0.25) is 0 Å². The monoisotopic (exact) mass is 334 g/mol. The van der Waals surface area contributed by atoms with Crippen LogP contribution in [0.4, 0.5) is 0 Å². The molecule has 0 heterocycles. The Hall–Kier alpha value is -0.350. The molecule has 2 unspecified atom stereocenters. The van der Waals surface area contributed by atoms with Crippen LogP contribution in [0.3, 0.4) is 0 Å². The van der Waals surface area contributed by atoms with Crippen molar-refractivity contribution in [2.75, 3.05) is 0 Å². The number of unbranched alkanes of at least 4 members (excludes halogenated alkanes) is 2. The second kappa shape index (κ2) is 13.0. The first-order valence-electron chi connectivity index (χ1n) is 10.1. The van der Waals surface area contributed by atoms with Gasteiger partial charge in [-0.2, -0.15) is 0 Å². The summed E-state index contributed by atoms with van der Waals surface area (Å²) >= 11 is 0. The summed E-state index contributed by atoms with van der Waals surface area (Å²) in [4.78, 5) is 0. The number of hydrogen-bond donors (Lipinski definition) is 0. The molecule has 0 amide bonds. The Bertz CT molecular complexity index is 355. The molecule has 132 valence electrons. The highest BCUT2D eigenvalue weighted by Crippen LogP contribution is 2.52. The summed E-state index contributed by atoms with van der Waals surface area (Å²) in [5, 5.41) is 1.67. The Morgan fingerprint density at radius 1 is 0.652 bits per heavy atom. The lowest BCUT2D eigenvalue weighted by atomic mass is 10.1. The number of rotatable bonds is 13. The van der Waals surface area contributed by atoms with E-state index in [9.17, 15) is 0 Å². The standard InChI is InChI=1S/C22H39P/c1-5-9-16-20(14-7-3)23(22-18-12-11-13-19-22)21(15-8-4)17-10-6-2/h11-13,18-21H,5-10,14-17H2,1-4H3. The molecule has 1 heteroatoms. The van der Waals surface area contributed by atoms with Gasteiger partial charge in [0.1, 0.15) is 0 Å². The predicted octanol–water partition coefficient (Wildman–Crippen LogP) is 7.51. The first-order valence-corrected chi connectivity index (χ1v) is 11.6. The van der Waals surface area contributed by atoms with Gasteiger partial charge < -0.3 is 0 Å². The predicted molar refractivity (Wildman–Crippen MR) is 109 cm³/mol. The van der Waals surface area contributed by atoms with E-state index in [0.29, 0.717) is 0 Å². The van der Waals surface area contributed by atoms with Gasteiger partial charge in [-0.15, -0.1) is 0 Å². The molecule has 0 fully saturated rings. The third-order valence-corrected chi connectivity index (χ3v) is 8.37. The largest absolute Gasteiger partial charge is 0.0690 e. The van der Waals surface area contributed by atoms with E-state index in [1.54, 1.807) is 5.30 Å². The fourth-order valence-corrected chi connectivity index (χ4v) is 7.66. The second-order valence-electron chi connectivity index (χ2n) is 6.91. The molecule has 1 aromatic carbocycles. The van der Waals surface area contributed by atoms with Crippen LogP contribution in [-0.4, -0.2) is 11.3 Å². The van der Waals surface area contributed by atoms with E-state index in [2.05, 4.69) is 58.0 Å². The molecule has 23 heavy (non-hydrogen) atoms. The molecule has 0 spiro atoms. The van der Waals surface area contributed by atoms with E-state index in [4.69, 9.17) is 0 Å². The number of hydrogen-bond acceptors (Lipinski definition) is 0. The SMILES string of the molecule is CCCCC(CCC)P(c1ccccc1)C(CCC)CCCC. The summed E-state index contributed by atoms with van der Waals surface area (Å²) in [6.07, 6.45) is 13.9. The molecule has 1 aromatic rings. The molecule has 0 aliphatic heterocycles. The molecule has 0 nitrogen and oxygen atoms in total. The van der Waals surface area contributed by atoms with Crippen LogP contribution >= 0.6 is 7.92 Å². The van der Waals surface area contributed by atoms with E-state index >= 15 is 0 Å². The van der Waals surface area contributed by atoms with Crippen molar-refractivity contribution in [2.24, 2.45) is 0 Å². The van der Waals surface area contributed by atoms with Gasteiger partial charge in [0.15, 0.2) is 0 Å². The van der Waals surface area contributed by atoms with Crippen molar-refractivity contribution >= 4 is 13.2 Å². The van der Waals surface area contributed by atoms with Gasteiger partial charge >= 0.3 is 0 Å². The second-order valence-corrected chi connectivity index (χ2v) is 9.70. The maximum atomic E-state index is 2.43. The third kappa shape index (κ3) is 7.38. The average Bonchev–Trinajstić information content (AvgIpc) is 2.58. The summed E-state index contributed by atoms with van der Waals surface area (Å²) in [5.74, 6) is 0. The molecule has 0 saturated carbocycles. The minimum absolute atomic E-state index is 0.0176. The molecule has 0 N–H and O–H groups in total. The lowest BCUT2D eigenvalue weighted by Crippen LogP contribution is -2.23. The maximum Gasteiger partial charge on any atom is -0.0167 e. The van der Waals surface area contributed by atoms with E-state index in [-0.39, 0.29) is 7.92 Å². The molecule has 0 bridgehead atoms. The van der Waals surface area contributed by atoms with E-state index in [1.807, 2.05) is 0 Å². The highest BCUT2D eigenvalue weighted by molar-refractivity contribution is 7.67. The van der Waals surface area contributed by atoms with Crippen molar-refractivity contribution in [3.63, 3.8) is 0 Å². The van der Waals surface area contributed by atoms with Crippen LogP contribution < -0.4 is 5.30 Å². The molecule has 0 aliphatic rings. The minimum atomic E-state index is -0.0176. The summed E-state index contributed by atoms with van der Waals surface area (Å²) in [5.41, 5.74) is 1.87. The first kappa shape index (κ1) is 20.7. The van der Waals surface area contributed by atoms with Gasteiger partial charge in [-0.3, -0.25) is 0 Å². The Labute approximate surface area is 147 Å². The molecular weight excluding hydrogens is 295 g/mol. The fraction of sp³-hybridized carbons (Fsp3) is 0.727. The van der Waals surface area contributed by atoms with Crippen molar-refractivity contribution in [1.82, 2.24) is 0 Å². The maximum absolute atomic E-state index is 2.43. The third-order valence-electron chi connectivity index (χ3n) is 4.87. The smallest absolute Gasteiger partial charge is 0.0167 e. The van der Waals surface area contributed by atoms with E-state index in [1.165, 1.54) is 64.2 Å². The fourth-order valence-electron chi connectivity index (χ4n) is 3.71. The van der Waals surface area contributed by atoms with Gasteiger partial charge in [-0.25, -0.2) is 0 Å². The highest BCUT2D eigenvalue weighted by atomic mass is 31.1. The van der Waals surface area contributed by atoms with Gasteiger partial charge in [0.2, 0.25) is 0 Å². The van der Waals surface area contributed by atoms with Gasteiger partial charge in [-0.05, 0) is 42.3 Å². The highest BCUT2D eigenvalue weighted by Gasteiger charge is 2.28. The van der Waals surface area contributed by atoms with Crippen molar-refractivity contribution in [1.29, 1.82) is 0 Å². The zero-order valence-corrected chi connectivity index (χ0v) is 17.0. The Morgan fingerprint density at radius 3 is 1.52 bits per heavy atom. The van der Waals surface area contributed by atoms with Crippen LogP contribution in [0, 0.1) is 0 Å². The Kier molecular flexibility index (Phi) is 11.7. The van der Waals surface area contributed by atoms with Crippen molar-refractivity contribution in [2.45, 2.75) is 103 Å². The topological polar surface area (TPSA) is 0 Å². The summed E-state index contributed by atoms with van der Waals surface area (Å²) in [6, 6.07) is 11.6. The van der Waals surface area contributed by atoms with E-state index < -0.39 is 0 Å². The summed E-state index contributed by atoms with van der Waals surface area (Å²) in [6.45, 7) is 9.43. The molecule has 0 aromatic heterocycles. The quantitative estimate of drug-likeness (QED) is 0.327. The first-order chi connectivity index (χ1) is 11.3. The van der Waals surface area contributed by atoms with Crippen LogP contribution in [-0.2, 0) is 0 Å². The molecule has 0 saturated heterocycles. The van der Waals surface area contributed by atoms with Crippen LogP contribution in [0.1, 0.15) is 91.9 Å². The molecule has 2 atom stereocenters. The molecular formula is C22H39P. The Balaban J connectivity index is 3.05. The molecule has 0 radical (unpaired) electrons. The van der Waals surface area contributed by atoms with Crippen LogP contribution in [0.25, 0.3) is 0 Å².